The number of thioether (sulfide) groups is 1. The van der Waals surface area contributed by atoms with Gasteiger partial charge in [0.2, 0.25) is 10.0 Å². The number of carbonyl (C=O) groups excluding carboxylic acids is 1. The molecular formula is C25H22N4O4S2. The molecule has 1 aromatic heterocycles. The minimum atomic E-state index is -3.85. The van der Waals surface area contributed by atoms with Crippen LogP contribution < -0.4 is 15.2 Å². The number of methoxy groups -OCH3 is 1. The first-order valence-electron chi connectivity index (χ1n) is 10.5. The van der Waals surface area contributed by atoms with E-state index in [1.54, 1.807) is 49.6 Å². The monoisotopic (exact) mass is 506 g/mol. The molecule has 178 valence electrons. The molecule has 0 unspecified atom stereocenters. The van der Waals surface area contributed by atoms with Gasteiger partial charge in [0, 0.05) is 22.9 Å². The SMILES string of the molecule is COc1ccc(C(=O)CSc2nc(Nc3cccc(S(N)(=O)=O)c3)cc(-c3ccccc3)n2)cc1. The van der Waals surface area contributed by atoms with Crippen LogP contribution in [0.1, 0.15) is 10.4 Å². The van der Waals surface area contributed by atoms with Gasteiger partial charge in [0.15, 0.2) is 10.9 Å². The number of nitrogens with two attached hydrogens (primary N) is 1. The van der Waals surface area contributed by atoms with E-state index in [1.165, 1.54) is 23.9 Å². The van der Waals surface area contributed by atoms with Crippen LogP contribution in [0.15, 0.2) is 95.0 Å². The molecule has 4 rings (SSSR count). The molecule has 3 N–H and O–H groups in total. The zero-order valence-corrected chi connectivity index (χ0v) is 20.3. The number of hydrogen-bond donors (Lipinski definition) is 2. The highest BCUT2D eigenvalue weighted by Gasteiger charge is 2.13. The standard InChI is InChI=1S/C25H22N4O4S2/c1-33-20-12-10-18(11-13-20)23(30)16-34-25-28-22(17-6-3-2-4-7-17)15-24(29-25)27-19-8-5-9-21(14-19)35(26,31)32/h2-15H,16H2,1H3,(H2,26,31,32)(H,27,28,29). The first-order valence-corrected chi connectivity index (χ1v) is 13.0. The number of aromatic nitrogens is 2. The van der Waals surface area contributed by atoms with Crippen LogP contribution in [0.25, 0.3) is 11.3 Å². The van der Waals surface area contributed by atoms with Crippen LogP contribution in [-0.2, 0) is 10.0 Å². The summed E-state index contributed by atoms with van der Waals surface area (Å²) in [4.78, 5) is 21.8. The second-order valence-corrected chi connectivity index (χ2v) is 9.93. The maximum Gasteiger partial charge on any atom is 0.238 e. The molecule has 1 heterocycles. The molecule has 3 aromatic carbocycles. The number of carbonyl (C=O) groups is 1. The highest BCUT2D eigenvalue weighted by atomic mass is 32.2. The van der Waals surface area contributed by atoms with Crippen molar-refractivity contribution in [1.29, 1.82) is 0 Å². The molecule has 0 fully saturated rings. The molecule has 8 nitrogen and oxygen atoms in total. The van der Waals surface area contributed by atoms with E-state index in [4.69, 9.17) is 9.88 Å². The Morgan fingerprint density at radius 1 is 0.971 bits per heavy atom. The van der Waals surface area contributed by atoms with Crippen molar-refractivity contribution < 1.29 is 17.9 Å². The molecule has 0 saturated carbocycles. The summed E-state index contributed by atoms with van der Waals surface area (Å²) in [6.45, 7) is 0. The van der Waals surface area contributed by atoms with E-state index in [1.807, 2.05) is 30.3 Å². The van der Waals surface area contributed by atoms with Crippen molar-refractivity contribution >= 4 is 39.1 Å². The fourth-order valence-electron chi connectivity index (χ4n) is 3.20. The van der Waals surface area contributed by atoms with E-state index in [0.29, 0.717) is 33.7 Å². The Hall–Kier alpha value is -3.73. The summed E-state index contributed by atoms with van der Waals surface area (Å²) < 4.78 is 28.6. The number of nitrogens with one attached hydrogen (secondary N) is 1. The van der Waals surface area contributed by atoms with Gasteiger partial charge < -0.3 is 10.1 Å². The van der Waals surface area contributed by atoms with E-state index >= 15 is 0 Å². The maximum atomic E-state index is 12.7. The van der Waals surface area contributed by atoms with Gasteiger partial charge in [-0.05, 0) is 42.5 Å². The smallest absolute Gasteiger partial charge is 0.238 e. The van der Waals surface area contributed by atoms with Crippen LogP contribution in [0.3, 0.4) is 0 Å². The van der Waals surface area contributed by atoms with E-state index < -0.39 is 10.0 Å². The lowest BCUT2D eigenvalue weighted by Crippen LogP contribution is -2.12. The number of ketones is 1. The van der Waals surface area contributed by atoms with Crippen molar-refractivity contribution in [2.45, 2.75) is 10.1 Å². The summed E-state index contributed by atoms with van der Waals surface area (Å²) in [5.74, 6) is 1.20. The Labute approximate surface area is 207 Å². The van der Waals surface area contributed by atoms with Crippen LogP contribution in [-0.4, -0.2) is 37.0 Å². The average Bonchev–Trinajstić information content (AvgIpc) is 2.87. The van der Waals surface area contributed by atoms with Gasteiger partial charge in [-0.25, -0.2) is 23.5 Å². The molecule has 4 aromatic rings. The molecule has 0 aliphatic carbocycles. The number of sulfonamides is 1. The molecule has 0 bridgehead atoms. The third kappa shape index (κ3) is 6.44. The first-order chi connectivity index (χ1) is 16.8. The molecule has 0 aliphatic heterocycles. The van der Waals surface area contributed by atoms with Gasteiger partial charge in [0.05, 0.1) is 23.5 Å². The summed E-state index contributed by atoms with van der Waals surface area (Å²) in [5.41, 5.74) is 2.60. The van der Waals surface area contributed by atoms with E-state index in [9.17, 15) is 13.2 Å². The number of benzene rings is 3. The van der Waals surface area contributed by atoms with Crippen LogP contribution >= 0.6 is 11.8 Å². The number of Topliss-reactive ketones (excluding diaryl/α,β-unsaturated/α-hetero) is 1. The lowest BCUT2D eigenvalue weighted by molar-refractivity contribution is 0.102. The third-order valence-electron chi connectivity index (χ3n) is 4.95. The highest BCUT2D eigenvalue weighted by molar-refractivity contribution is 7.99. The molecule has 0 saturated heterocycles. The second kappa shape index (κ2) is 10.7. The van der Waals surface area contributed by atoms with Crippen molar-refractivity contribution in [1.82, 2.24) is 9.97 Å². The predicted octanol–water partition coefficient (Wildman–Crippen LogP) is 4.52. The summed E-state index contributed by atoms with van der Waals surface area (Å²) in [6, 6.07) is 24.4. The lowest BCUT2D eigenvalue weighted by atomic mass is 10.1. The Morgan fingerprint density at radius 2 is 1.71 bits per heavy atom. The number of anilines is 2. The molecule has 0 atom stereocenters. The van der Waals surface area contributed by atoms with Crippen LogP contribution in [0.4, 0.5) is 11.5 Å². The number of ether oxygens (including phenoxy) is 1. The van der Waals surface area contributed by atoms with Crippen molar-refractivity contribution in [3.05, 3.63) is 90.5 Å². The van der Waals surface area contributed by atoms with Gasteiger partial charge in [0.25, 0.3) is 0 Å². The molecule has 35 heavy (non-hydrogen) atoms. The van der Waals surface area contributed by atoms with Crippen molar-refractivity contribution in [2.24, 2.45) is 5.14 Å². The van der Waals surface area contributed by atoms with Gasteiger partial charge in [-0.1, -0.05) is 48.2 Å². The van der Waals surface area contributed by atoms with Crippen molar-refractivity contribution in [3.63, 3.8) is 0 Å². The summed E-state index contributed by atoms with van der Waals surface area (Å²) in [7, 11) is -2.28. The summed E-state index contributed by atoms with van der Waals surface area (Å²) >= 11 is 1.22. The van der Waals surface area contributed by atoms with Crippen molar-refractivity contribution in [2.75, 3.05) is 18.2 Å². The van der Waals surface area contributed by atoms with Gasteiger partial charge in [0.1, 0.15) is 11.6 Å². The number of nitrogens with zero attached hydrogens (tertiary/aromatic N) is 2. The third-order valence-corrected chi connectivity index (χ3v) is 6.71. The first kappa shape index (κ1) is 24.4. The van der Waals surface area contributed by atoms with Gasteiger partial charge in [-0.3, -0.25) is 4.79 Å². The quantitative estimate of drug-likeness (QED) is 0.193. The minimum absolute atomic E-state index is 0.0143. The second-order valence-electron chi connectivity index (χ2n) is 7.43. The zero-order valence-electron chi connectivity index (χ0n) is 18.7. The molecule has 0 aliphatic rings. The summed E-state index contributed by atoms with van der Waals surface area (Å²) in [6.07, 6.45) is 0. The fourth-order valence-corrected chi connectivity index (χ4v) is 4.51. The normalized spacial score (nSPS) is 11.1. The van der Waals surface area contributed by atoms with Gasteiger partial charge >= 0.3 is 0 Å². The average molecular weight is 507 g/mol. The number of rotatable bonds is 9. The molecule has 0 amide bonds. The van der Waals surface area contributed by atoms with E-state index in [2.05, 4.69) is 15.3 Å². The number of primary sulfonamides is 1. The summed E-state index contributed by atoms with van der Waals surface area (Å²) in [5, 5.41) is 8.77. The van der Waals surface area contributed by atoms with Crippen molar-refractivity contribution in [3.8, 4) is 17.0 Å². The molecule has 0 spiro atoms. The molecular weight excluding hydrogens is 484 g/mol. The van der Waals surface area contributed by atoms with E-state index in [-0.39, 0.29) is 16.4 Å². The Balaban J connectivity index is 1.60. The topological polar surface area (TPSA) is 124 Å². The fraction of sp³-hybridized carbons (Fsp3) is 0.0800. The Kier molecular flexibility index (Phi) is 7.45. The Bertz CT molecular complexity index is 1440. The molecule has 10 heteroatoms. The van der Waals surface area contributed by atoms with Crippen LogP contribution in [0.5, 0.6) is 5.75 Å². The Morgan fingerprint density at radius 3 is 2.40 bits per heavy atom. The predicted molar refractivity (Wildman–Crippen MR) is 137 cm³/mol. The van der Waals surface area contributed by atoms with Gasteiger partial charge in [-0.15, -0.1) is 0 Å². The van der Waals surface area contributed by atoms with E-state index in [0.717, 1.165) is 5.56 Å². The lowest BCUT2D eigenvalue weighted by Gasteiger charge is -2.11. The largest absolute Gasteiger partial charge is 0.497 e. The minimum Gasteiger partial charge on any atom is -0.497 e. The maximum absolute atomic E-state index is 12.7. The molecule has 0 radical (unpaired) electrons. The number of hydrogen-bond acceptors (Lipinski definition) is 8. The van der Waals surface area contributed by atoms with Gasteiger partial charge in [-0.2, -0.15) is 0 Å². The zero-order chi connectivity index (χ0) is 24.8. The van der Waals surface area contributed by atoms with Crippen LogP contribution in [0.2, 0.25) is 0 Å². The van der Waals surface area contributed by atoms with Crippen LogP contribution in [0, 0.1) is 0 Å². The highest BCUT2D eigenvalue weighted by Crippen LogP contribution is 2.27.